The van der Waals surface area contributed by atoms with Gasteiger partial charge in [-0.3, -0.25) is 4.79 Å². The van der Waals surface area contributed by atoms with Crippen molar-refractivity contribution in [1.82, 2.24) is 14.5 Å². The van der Waals surface area contributed by atoms with E-state index in [0.29, 0.717) is 29.8 Å². The fourth-order valence-electron chi connectivity index (χ4n) is 3.78. The molecule has 0 saturated heterocycles. The normalized spacial score (nSPS) is 13.0. The Bertz CT molecular complexity index is 1320. The summed E-state index contributed by atoms with van der Waals surface area (Å²) in [7, 11) is -3.48. The van der Waals surface area contributed by atoms with Gasteiger partial charge in [-0.15, -0.1) is 6.58 Å². The number of hydrogen-bond acceptors (Lipinski definition) is 4. The highest BCUT2D eigenvalue weighted by atomic mass is 32.2. The predicted octanol–water partition coefficient (Wildman–Crippen LogP) is 3.50. The molecule has 3 aromatic rings. The number of amides is 1. The largest absolute Gasteiger partial charge is 0.321 e. The molecule has 33 heavy (non-hydrogen) atoms. The number of aromatic nitrogens is 2. The lowest BCUT2D eigenvalue weighted by molar-refractivity contribution is 0.102. The SMILES string of the molecule is C=CCNS(=O)(=O)Cc1ccc(NC(=O)c2nn(-c3ccc(F)c(F)c3)c3c2CCC3)cc1. The molecule has 1 aliphatic carbocycles. The minimum atomic E-state index is -3.48. The lowest BCUT2D eigenvalue weighted by Crippen LogP contribution is -2.25. The molecule has 10 heteroatoms. The highest BCUT2D eigenvalue weighted by molar-refractivity contribution is 7.88. The summed E-state index contributed by atoms with van der Waals surface area (Å²) in [6.45, 7) is 3.63. The van der Waals surface area contributed by atoms with E-state index in [1.54, 1.807) is 24.3 Å². The second-order valence-electron chi connectivity index (χ2n) is 7.68. The standard InChI is InChI=1S/C23H22F2N4O3S/c1-2-12-26-33(31,32)14-15-6-8-16(9-7-15)27-23(30)22-18-4-3-5-21(18)29(28-22)17-10-11-19(24)20(25)13-17/h2,6-11,13,26H,1,3-5,12,14H2,(H,27,30). The van der Waals surface area contributed by atoms with Crippen molar-refractivity contribution in [3.05, 3.63) is 89.3 Å². The first-order chi connectivity index (χ1) is 15.8. The quantitative estimate of drug-likeness (QED) is 0.491. The average Bonchev–Trinajstić information content (AvgIpc) is 3.38. The van der Waals surface area contributed by atoms with Crippen molar-refractivity contribution in [3.63, 3.8) is 0 Å². The number of halogens is 2. The number of fused-ring (bicyclic) bond motifs is 1. The number of carbonyl (C=O) groups excluding carboxylic acids is 1. The topological polar surface area (TPSA) is 93.1 Å². The van der Waals surface area contributed by atoms with Gasteiger partial charge in [0.25, 0.3) is 5.91 Å². The molecular weight excluding hydrogens is 450 g/mol. The van der Waals surface area contributed by atoms with Crippen LogP contribution >= 0.6 is 0 Å². The molecule has 0 bridgehead atoms. The highest BCUT2D eigenvalue weighted by Gasteiger charge is 2.27. The molecular formula is C23H22F2N4O3S. The zero-order valence-corrected chi connectivity index (χ0v) is 18.5. The molecule has 4 rings (SSSR count). The van der Waals surface area contributed by atoms with E-state index in [4.69, 9.17) is 0 Å². The first-order valence-electron chi connectivity index (χ1n) is 10.3. The van der Waals surface area contributed by atoms with Crippen LogP contribution in [0.1, 0.15) is 33.7 Å². The van der Waals surface area contributed by atoms with E-state index in [9.17, 15) is 22.0 Å². The number of hydrogen-bond donors (Lipinski definition) is 2. The van der Waals surface area contributed by atoms with Crippen LogP contribution in [0.5, 0.6) is 0 Å². The molecule has 0 radical (unpaired) electrons. The van der Waals surface area contributed by atoms with Gasteiger partial charge in [0, 0.05) is 29.6 Å². The van der Waals surface area contributed by atoms with Gasteiger partial charge in [0.2, 0.25) is 10.0 Å². The molecule has 1 heterocycles. The van der Waals surface area contributed by atoms with Crippen molar-refractivity contribution in [2.24, 2.45) is 0 Å². The van der Waals surface area contributed by atoms with Gasteiger partial charge in [0.15, 0.2) is 17.3 Å². The summed E-state index contributed by atoms with van der Waals surface area (Å²) in [4.78, 5) is 12.9. The van der Waals surface area contributed by atoms with E-state index in [1.165, 1.54) is 16.8 Å². The minimum Gasteiger partial charge on any atom is -0.321 e. The number of sulfonamides is 1. The van der Waals surface area contributed by atoms with E-state index < -0.39 is 27.6 Å². The number of carbonyl (C=O) groups is 1. The lowest BCUT2D eigenvalue weighted by atomic mass is 10.2. The maximum Gasteiger partial charge on any atom is 0.276 e. The predicted molar refractivity (Wildman–Crippen MR) is 121 cm³/mol. The fraction of sp³-hybridized carbons (Fsp3) is 0.217. The number of nitrogens with one attached hydrogen (secondary N) is 2. The number of benzene rings is 2. The van der Waals surface area contributed by atoms with Crippen LogP contribution < -0.4 is 10.0 Å². The second-order valence-corrected chi connectivity index (χ2v) is 9.49. The zero-order chi connectivity index (χ0) is 23.6. The lowest BCUT2D eigenvalue weighted by Gasteiger charge is -2.08. The van der Waals surface area contributed by atoms with Crippen LogP contribution in [0.15, 0.2) is 55.1 Å². The van der Waals surface area contributed by atoms with Crippen LogP contribution in [0.2, 0.25) is 0 Å². The van der Waals surface area contributed by atoms with E-state index in [1.807, 2.05) is 0 Å². The molecule has 0 spiro atoms. The number of rotatable bonds is 8. The summed E-state index contributed by atoms with van der Waals surface area (Å²) in [6.07, 6.45) is 3.63. The van der Waals surface area contributed by atoms with Gasteiger partial charge in [-0.1, -0.05) is 18.2 Å². The van der Waals surface area contributed by atoms with Gasteiger partial charge >= 0.3 is 0 Å². The fourth-order valence-corrected chi connectivity index (χ4v) is 4.89. The molecule has 0 unspecified atom stereocenters. The van der Waals surface area contributed by atoms with Gasteiger partial charge in [0.05, 0.1) is 11.4 Å². The third-order valence-corrected chi connectivity index (χ3v) is 6.63. The molecule has 1 aromatic heterocycles. The van der Waals surface area contributed by atoms with Crippen LogP contribution in [0.4, 0.5) is 14.5 Å². The Labute approximate surface area is 190 Å². The maximum atomic E-state index is 13.7. The molecule has 2 N–H and O–H groups in total. The Morgan fingerprint density at radius 3 is 2.58 bits per heavy atom. The Balaban J connectivity index is 1.52. The summed E-state index contributed by atoms with van der Waals surface area (Å²) >= 11 is 0. The van der Waals surface area contributed by atoms with Gasteiger partial charge in [-0.2, -0.15) is 5.10 Å². The number of anilines is 1. The average molecular weight is 473 g/mol. The summed E-state index contributed by atoms with van der Waals surface area (Å²) in [5.74, 6) is -2.56. The summed E-state index contributed by atoms with van der Waals surface area (Å²) in [6, 6.07) is 9.97. The Kier molecular flexibility index (Phi) is 6.39. The van der Waals surface area contributed by atoms with E-state index >= 15 is 0 Å². The summed E-state index contributed by atoms with van der Waals surface area (Å²) in [5, 5.41) is 7.15. The minimum absolute atomic E-state index is 0.151. The van der Waals surface area contributed by atoms with Crippen LogP contribution in [0, 0.1) is 11.6 Å². The summed E-state index contributed by atoms with van der Waals surface area (Å²) < 4.78 is 54.9. The van der Waals surface area contributed by atoms with Crippen LogP contribution in [0.25, 0.3) is 5.69 Å². The zero-order valence-electron chi connectivity index (χ0n) is 17.6. The molecule has 1 amide bonds. The van der Waals surface area contributed by atoms with Gasteiger partial charge in [-0.25, -0.2) is 26.6 Å². The van der Waals surface area contributed by atoms with Gasteiger partial charge in [0.1, 0.15) is 0 Å². The van der Waals surface area contributed by atoms with Gasteiger partial charge < -0.3 is 5.32 Å². The highest BCUT2D eigenvalue weighted by Crippen LogP contribution is 2.29. The van der Waals surface area contributed by atoms with E-state index in [2.05, 4.69) is 21.7 Å². The van der Waals surface area contributed by atoms with Crippen molar-refractivity contribution >= 4 is 21.6 Å². The molecule has 7 nitrogen and oxygen atoms in total. The Morgan fingerprint density at radius 1 is 1.12 bits per heavy atom. The Morgan fingerprint density at radius 2 is 1.88 bits per heavy atom. The van der Waals surface area contributed by atoms with E-state index in [-0.39, 0.29) is 18.0 Å². The first kappa shape index (κ1) is 22.8. The molecule has 1 aliphatic rings. The molecule has 172 valence electrons. The molecule has 0 fully saturated rings. The first-order valence-corrected chi connectivity index (χ1v) is 12.0. The van der Waals surface area contributed by atoms with Crippen molar-refractivity contribution in [2.45, 2.75) is 25.0 Å². The van der Waals surface area contributed by atoms with Crippen LogP contribution in [-0.4, -0.2) is 30.7 Å². The molecule has 2 aromatic carbocycles. The van der Waals surface area contributed by atoms with Gasteiger partial charge in [-0.05, 0) is 49.1 Å². The second kappa shape index (κ2) is 9.24. The third-order valence-electron chi connectivity index (χ3n) is 5.31. The van der Waals surface area contributed by atoms with Crippen molar-refractivity contribution in [2.75, 3.05) is 11.9 Å². The van der Waals surface area contributed by atoms with Crippen LogP contribution in [0.3, 0.4) is 0 Å². The van der Waals surface area contributed by atoms with Crippen molar-refractivity contribution in [1.29, 1.82) is 0 Å². The monoisotopic (exact) mass is 472 g/mol. The van der Waals surface area contributed by atoms with E-state index in [0.717, 1.165) is 29.8 Å². The molecule has 0 aliphatic heterocycles. The van der Waals surface area contributed by atoms with Crippen molar-refractivity contribution in [3.8, 4) is 5.69 Å². The molecule has 0 atom stereocenters. The maximum absolute atomic E-state index is 13.7. The van der Waals surface area contributed by atoms with Crippen LogP contribution in [-0.2, 0) is 28.6 Å². The Hall–Kier alpha value is -3.37. The third kappa shape index (κ3) is 5.01. The van der Waals surface area contributed by atoms with Crippen molar-refractivity contribution < 1.29 is 22.0 Å². The summed E-state index contributed by atoms with van der Waals surface area (Å²) in [5.41, 5.74) is 3.21. The molecule has 0 saturated carbocycles. The smallest absolute Gasteiger partial charge is 0.276 e. The number of nitrogens with zero attached hydrogens (tertiary/aromatic N) is 2.